The molecule has 1 aromatic carbocycles. The van der Waals surface area contributed by atoms with Gasteiger partial charge >= 0.3 is 0 Å². The zero-order chi connectivity index (χ0) is 13.0. The van der Waals surface area contributed by atoms with Gasteiger partial charge in [-0.2, -0.15) is 5.26 Å². The predicted molar refractivity (Wildman–Crippen MR) is 67.2 cm³/mol. The van der Waals surface area contributed by atoms with Crippen molar-refractivity contribution in [2.75, 3.05) is 20.2 Å². The van der Waals surface area contributed by atoms with Gasteiger partial charge in [-0.05, 0) is 24.2 Å². The summed E-state index contributed by atoms with van der Waals surface area (Å²) in [5, 5.41) is 8.44. The largest absolute Gasteiger partial charge is 0.493 e. The summed E-state index contributed by atoms with van der Waals surface area (Å²) < 4.78 is 5.45. The van der Waals surface area contributed by atoms with Crippen LogP contribution in [0.2, 0.25) is 0 Å². The van der Waals surface area contributed by atoms with Gasteiger partial charge in [0.1, 0.15) is 5.75 Å². The van der Waals surface area contributed by atoms with Crippen molar-refractivity contribution in [1.82, 2.24) is 4.90 Å². The van der Waals surface area contributed by atoms with Gasteiger partial charge in [0, 0.05) is 13.0 Å². The van der Waals surface area contributed by atoms with Crippen molar-refractivity contribution in [2.45, 2.75) is 19.4 Å². The lowest BCUT2D eigenvalue weighted by Gasteiger charge is -2.15. The molecular formula is C14H16N2O2. The number of benzene rings is 1. The normalized spacial score (nSPS) is 12.9. The lowest BCUT2D eigenvalue weighted by molar-refractivity contribution is -0.119. The number of carbonyl (C=O) groups excluding carboxylic acids is 1. The Kier molecular flexibility index (Phi) is 3.96. The van der Waals surface area contributed by atoms with Crippen LogP contribution in [0.4, 0.5) is 0 Å². The molecule has 0 unspecified atom stereocenters. The van der Waals surface area contributed by atoms with E-state index in [1.165, 1.54) is 11.1 Å². The minimum absolute atomic E-state index is 0.0115. The Hall–Kier alpha value is -1.86. The molecule has 18 heavy (non-hydrogen) atoms. The Morgan fingerprint density at radius 1 is 1.56 bits per heavy atom. The first-order valence-corrected chi connectivity index (χ1v) is 6.01. The fourth-order valence-electron chi connectivity index (χ4n) is 2.15. The Bertz CT molecular complexity index is 491. The quantitative estimate of drug-likeness (QED) is 0.788. The summed E-state index contributed by atoms with van der Waals surface area (Å²) in [4.78, 5) is 13.3. The second-order valence-corrected chi connectivity index (χ2v) is 4.59. The van der Waals surface area contributed by atoms with Crippen molar-refractivity contribution < 1.29 is 9.53 Å². The number of nitrogens with zero attached hydrogens (tertiary/aromatic N) is 2. The summed E-state index contributed by atoms with van der Waals surface area (Å²) in [6.07, 6.45) is 0.947. The van der Waals surface area contributed by atoms with E-state index < -0.39 is 0 Å². The highest BCUT2D eigenvalue weighted by Gasteiger charge is 2.13. The number of likely N-dealkylation sites (N-methyl/N-ethyl adjacent to an activating group) is 1. The molecule has 0 amide bonds. The summed E-state index contributed by atoms with van der Waals surface area (Å²) >= 11 is 0. The second-order valence-electron chi connectivity index (χ2n) is 4.59. The lowest BCUT2D eigenvalue weighted by Crippen LogP contribution is -2.25. The van der Waals surface area contributed by atoms with Crippen LogP contribution in [0.1, 0.15) is 17.5 Å². The van der Waals surface area contributed by atoms with E-state index in [0.717, 1.165) is 18.8 Å². The SMILES string of the molecule is CN(CC(=O)CC#N)Cc1ccc2c(c1)CCO2. The number of nitriles is 1. The van der Waals surface area contributed by atoms with Gasteiger partial charge in [-0.25, -0.2) is 0 Å². The zero-order valence-corrected chi connectivity index (χ0v) is 10.5. The molecule has 4 nitrogen and oxygen atoms in total. The molecule has 94 valence electrons. The summed E-state index contributed by atoms with van der Waals surface area (Å²) in [6, 6.07) is 8.02. The summed E-state index contributed by atoms with van der Waals surface area (Å²) in [6.45, 7) is 1.79. The molecule has 0 N–H and O–H groups in total. The molecule has 0 saturated heterocycles. The number of hydrogen-bond donors (Lipinski definition) is 0. The van der Waals surface area contributed by atoms with Crippen LogP contribution >= 0.6 is 0 Å². The van der Waals surface area contributed by atoms with E-state index in [1.54, 1.807) is 0 Å². The predicted octanol–water partition coefficient (Wildman–Crippen LogP) is 1.54. The minimum atomic E-state index is -0.0375. The van der Waals surface area contributed by atoms with E-state index in [4.69, 9.17) is 10.00 Å². The number of Topliss-reactive ketones (excluding diaryl/α,β-unsaturated/α-hetero) is 1. The van der Waals surface area contributed by atoms with E-state index >= 15 is 0 Å². The smallest absolute Gasteiger partial charge is 0.160 e. The molecule has 0 saturated carbocycles. The number of hydrogen-bond acceptors (Lipinski definition) is 4. The molecule has 1 aromatic rings. The topological polar surface area (TPSA) is 53.3 Å². The van der Waals surface area contributed by atoms with Crippen molar-refractivity contribution in [2.24, 2.45) is 0 Å². The van der Waals surface area contributed by atoms with E-state index in [9.17, 15) is 4.79 Å². The zero-order valence-electron chi connectivity index (χ0n) is 10.5. The van der Waals surface area contributed by atoms with E-state index in [2.05, 4.69) is 6.07 Å². The third-order valence-corrected chi connectivity index (χ3v) is 2.93. The maximum Gasteiger partial charge on any atom is 0.160 e. The molecule has 1 heterocycles. The Morgan fingerprint density at radius 2 is 2.39 bits per heavy atom. The van der Waals surface area contributed by atoms with E-state index in [-0.39, 0.29) is 12.2 Å². The van der Waals surface area contributed by atoms with Gasteiger partial charge in [0.25, 0.3) is 0 Å². The number of fused-ring (bicyclic) bond motifs is 1. The van der Waals surface area contributed by atoms with Crippen molar-refractivity contribution in [3.05, 3.63) is 29.3 Å². The van der Waals surface area contributed by atoms with Gasteiger partial charge in [-0.1, -0.05) is 12.1 Å². The fraction of sp³-hybridized carbons (Fsp3) is 0.429. The first kappa shape index (κ1) is 12.6. The highest BCUT2D eigenvalue weighted by molar-refractivity contribution is 5.82. The molecule has 0 aromatic heterocycles. The summed E-state index contributed by atoms with van der Waals surface area (Å²) in [5.41, 5.74) is 2.41. The van der Waals surface area contributed by atoms with Gasteiger partial charge in [-0.15, -0.1) is 0 Å². The Morgan fingerprint density at radius 3 is 3.17 bits per heavy atom. The van der Waals surface area contributed by atoms with Gasteiger partial charge in [0.15, 0.2) is 5.78 Å². The standard InChI is InChI=1S/C14H16N2O2/c1-16(10-13(17)4-6-15)9-11-2-3-14-12(8-11)5-7-18-14/h2-3,8H,4-5,7,9-10H2,1H3. The Balaban J connectivity index is 1.93. The molecule has 0 atom stereocenters. The van der Waals surface area contributed by atoms with Crippen LogP contribution in [0.3, 0.4) is 0 Å². The van der Waals surface area contributed by atoms with Gasteiger partial charge in [0.2, 0.25) is 0 Å². The monoisotopic (exact) mass is 244 g/mol. The van der Waals surface area contributed by atoms with Crippen molar-refractivity contribution in [3.63, 3.8) is 0 Å². The third kappa shape index (κ3) is 3.08. The molecule has 0 aliphatic carbocycles. The molecule has 2 rings (SSSR count). The highest BCUT2D eigenvalue weighted by atomic mass is 16.5. The molecule has 4 heteroatoms. The molecule has 0 bridgehead atoms. The summed E-state index contributed by atoms with van der Waals surface area (Å²) in [5.74, 6) is 0.937. The maximum absolute atomic E-state index is 11.3. The molecular weight excluding hydrogens is 228 g/mol. The number of carbonyl (C=O) groups is 1. The number of ketones is 1. The highest BCUT2D eigenvalue weighted by Crippen LogP contribution is 2.26. The van der Waals surface area contributed by atoms with Crippen LogP contribution in [-0.2, 0) is 17.8 Å². The van der Waals surface area contributed by atoms with Crippen LogP contribution < -0.4 is 4.74 Å². The van der Waals surface area contributed by atoms with Crippen LogP contribution in [0, 0.1) is 11.3 Å². The van der Waals surface area contributed by atoms with Gasteiger partial charge in [-0.3, -0.25) is 9.69 Å². The molecule has 1 aliphatic heterocycles. The summed E-state index contributed by atoms with van der Waals surface area (Å²) in [7, 11) is 1.89. The first-order valence-electron chi connectivity index (χ1n) is 6.01. The van der Waals surface area contributed by atoms with Crippen molar-refractivity contribution in [1.29, 1.82) is 5.26 Å². The number of rotatable bonds is 5. The third-order valence-electron chi connectivity index (χ3n) is 2.93. The lowest BCUT2D eigenvalue weighted by atomic mass is 10.1. The van der Waals surface area contributed by atoms with E-state index in [1.807, 2.05) is 30.1 Å². The van der Waals surface area contributed by atoms with Gasteiger partial charge < -0.3 is 4.74 Å². The second kappa shape index (κ2) is 5.65. The fourth-order valence-corrected chi connectivity index (χ4v) is 2.15. The molecule has 1 aliphatic rings. The number of ether oxygens (including phenoxy) is 1. The average molecular weight is 244 g/mol. The first-order chi connectivity index (χ1) is 8.69. The van der Waals surface area contributed by atoms with Crippen LogP contribution in [0.15, 0.2) is 18.2 Å². The molecule has 0 spiro atoms. The average Bonchev–Trinajstić information content (AvgIpc) is 2.76. The van der Waals surface area contributed by atoms with Crippen molar-refractivity contribution in [3.8, 4) is 11.8 Å². The van der Waals surface area contributed by atoms with Crippen LogP contribution in [0.5, 0.6) is 5.75 Å². The minimum Gasteiger partial charge on any atom is -0.493 e. The van der Waals surface area contributed by atoms with Crippen molar-refractivity contribution >= 4 is 5.78 Å². The van der Waals surface area contributed by atoms with Crippen LogP contribution in [0.25, 0.3) is 0 Å². The molecule has 0 radical (unpaired) electrons. The van der Waals surface area contributed by atoms with E-state index in [0.29, 0.717) is 13.1 Å². The molecule has 0 fully saturated rings. The van der Waals surface area contributed by atoms with Crippen LogP contribution in [-0.4, -0.2) is 30.9 Å². The Labute approximate surface area is 107 Å². The van der Waals surface area contributed by atoms with Gasteiger partial charge in [0.05, 0.1) is 25.6 Å². The maximum atomic E-state index is 11.3.